The molecule has 0 aromatic heterocycles. The highest BCUT2D eigenvalue weighted by atomic mass is 32.2. The quantitative estimate of drug-likeness (QED) is 0.755. The largest absolute Gasteiger partial charge is 0.376 e. The van der Waals surface area contributed by atoms with Crippen molar-refractivity contribution in [2.45, 2.75) is 29.1 Å². The van der Waals surface area contributed by atoms with Crippen molar-refractivity contribution in [1.29, 1.82) is 0 Å². The van der Waals surface area contributed by atoms with Gasteiger partial charge < -0.3 is 5.11 Å². The molecule has 3 aromatic rings. The summed E-state index contributed by atoms with van der Waals surface area (Å²) in [6.07, 6.45) is 0.0278. The van der Waals surface area contributed by atoms with E-state index in [0.717, 1.165) is 10.8 Å². The molecule has 1 aliphatic rings. The molecule has 0 saturated heterocycles. The Morgan fingerprint density at radius 1 is 0.926 bits per heavy atom. The molecule has 27 heavy (non-hydrogen) atoms. The first kappa shape index (κ1) is 17.9. The molecule has 3 atom stereocenters. The standard InChI is InChI=1S/C22H20O4S/c1-15-13-20(23)22(24,18-12-11-16-7-5-6-8-17(16)14-18)21(15)27(25,26)19-9-3-2-4-10-19/h2-12,14-15,21,24H,13H2,1H3/t15-,21+,22-/m1/s1. The zero-order valence-electron chi connectivity index (χ0n) is 14.9. The monoisotopic (exact) mass is 380 g/mol. The van der Waals surface area contributed by atoms with Gasteiger partial charge in [0.15, 0.2) is 21.2 Å². The van der Waals surface area contributed by atoms with E-state index in [4.69, 9.17) is 0 Å². The first-order valence-corrected chi connectivity index (χ1v) is 10.4. The SMILES string of the molecule is C[C@@H]1CC(=O)[C@](O)(c2ccc3ccccc3c2)[C@H]1S(=O)(=O)c1ccccc1. The van der Waals surface area contributed by atoms with E-state index in [9.17, 15) is 18.3 Å². The molecular formula is C22H20O4S. The molecule has 5 heteroatoms. The van der Waals surface area contributed by atoms with Crippen molar-refractivity contribution in [2.24, 2.45) is 5.92 Å². The van der Waals surface area contributed by atoms with Crippen molar-refractivity contribution in [3.8, 4) is 0 Å². The molecular weight excluding hydrogens is 360 g/mol. The smallest absolute Gasteiger partial charge is 0.185 e. The van der Waals surface area contributed by atoms with Crippen molar-refractivity contribution >= 4 is 26.4 Å². The first-order chi connectivity index (χ1) is 12.8. The summed E-state index contributed by atoms with van der Waals surface area (Å²) in [4.78, 5) is 12.9. The number of Topliss-reactive ketones (excluding diaryl/α,β-unsaturated/α-hetero) is 1. The van der Waals surface area contributed by atoms with Gasteiger partial charge in [-0.05, 0) is 40.5 Å². The summed E-state index contributed by atoms with van der Waals surface area (Å²) < 4.78 is 26.7. The van der Waals surface area contributed by atoms with Gasteiger partial charge in [-0.25, -0.2) is 8.42 Å². The number of sulfone groups is 1. The second-order valence-corrected chi connectivity index (χ2v) is 9.28. The molecule has 4 rings (SSSR count). The van der Waals surface area contributed by atoms with E-state index in [2.05, 4.69) is 0 Å². The van der Waals surface area contributed by atoms with Gasteiger partial charge in [-0.2, -0.15) is 0 Å². The summed E-state index contributed by atoms with van der Waals surface area (Å²) in [6, 6.07) is 20.8. The molecule has 1 aliphatic carbocycles. The van der Waals surface area contributed by atoms with Crippen LogP contribution in [0, 0.1) is 5.92 Å². The Morgan fingerprint density at radius 3 is 2.26 bits per heavy atom. The molecule has 3 aromatic carbocycles. The van der Waals surface area contributed by atoms with Gasteiger partial charge in [-0.1, -0.05) is 61.5 Å². The minimum atomic E-state index is -3.90. The Balaban J connectivity index is 1.91. The maximum absolute atomic E-state index is 13.3. The van der Waals surface area contributed by atoms with Crippen LogP contribution in [0.15, 0.2) is 77.7 Å². The predicted octanol–water partition coefficient (Wildman–Crippen LogP) is 3.48. The van der Waals surface area contributed by atoms with Gasteiger partial charge in [0.1, 0.15) is 5.25 Å². The van der Waals surface area contributed by atoms with E-state index in [1.807, 2.05) is 30.3 Å². The summed E-state index contributed by atoms with van der Waals surface area (Å²) in [6.45, 7) is 1.71. The third-order valence-corrected chi connectivity index (χ3v) is 7.86. The maximum atomic E-state index is 13.3. The summed E-state index contributed by atoms with van der Waals surface area (Å²) in [5.74, 6) is -0.936. The second-order valence-electron chi connectivity index (χ2n) is 7.21. The first-order valence-electron chi connectivity index (χ1n) is 8.89. The summed E-state index contributed by atoms with van der Waals surface area (Å²) >= 11 is 0. The van der Waals surface area contributed by atoms with Crippen LogP contribution in [-0.4, -0.2) is 24.6 Å². The summed E-state index contributed by atoms with van der Waals surface area (Å²) in [5, 5.41) is 12.1. The Hall–Kier alpha value is -2.50. The fourth-order valence-electron chi connectivity index (χ4n) is 4.16. The van der Waals surface area contributed by atoms with Crippen LogP contribution in [0.3, 0.4) is 0 Å². The number of hydrogen-bond acceptors (Lipinski definition) is 4. The third kappa shape index (κ3) is 2.69. The normalized spacial score (nSPS) is 25.8. The average molecular weight is 380 g/mol. The van der Waals surface area contributed by atoms with Gasteiger partial charge in [0.05, 0.1) is 4.90 Å². The van der Waals surface area contributed by atoms with E-state index in [1.54, 1.807) is 37.3 Å². The molecule has 0 radical (unpaired) electrons. The van der Waals surface area contributed by atoms with Gasteiger partial charge >= 0.3 is 0 Å². The number of rotatable bonds is 3. The van der Waals surface area contributed by atoms with Crippen molar-refractivity contribution in [3.63, 3.8) is 0 Å². The minimum absolute atomic E-state index is 0.0278. The lowest BCUT2D eigenvalue weighted by Crippen LogP contribution is -2.46. The molecule has 4 nitrogen and oxygen atoms in total. The van der Waals surface area contributed by atoms with Gasteiger partial charge in [0.25, 0.3) is 0 Å². The van der Waals surface area contributed by atoms with Crippen molar-refractivity contribution in [1.82, 2.24) is 0 Å². The molecule has 138 valence electrons. The highest BCUT2D eigenvalue weighted by Gasteiger charge is 2.59. The third-order valence-electron chi connectivity index (χ3n) is 5.46. The van der Waals surface area contributed by atoms with E-state index < -0.39 is 32.4 Å². The average Bonchev–Trinajstić information content (AvgIpc) is 2.92. The van der Waals surface area contributed by atoms with Gasteiger partial charge in [-0.15, -0.1) is 0 Å². The van der Waals surface area contributed by atoms with Crippen LogP contribution in [0.4, 0.5) is 0 Å². The highest BCUT2D eigenvalue weighted by molar-refractivity contribution is 7.92. The minimum Gasteiger partial charge on any atom is -0.376 e. The number of hydrogen-bond donors (Lipinski definition) is 1. The van der Waals surface area contributed by atoms with Crippen molar-refractivity contribution in [3.05, 3.63) is 78.4 Å². The fraction of sp³-hybridized carbons (Fsp3) is 0.227. The van der Waals surface area contributed by atoms with E-state index in [-0.39, 0.29) is 11.3 Å². The molecule has 1 fully saturated rings. The van der Waals surface area contributed by atoms with Crippen molar-refractivity contribution in [2.75, 3.05) is 0 Å². The number of aliphatic hydroxyl groups is 1. The molecule has 1 N–H and O–H groups in total. The van der Waals surface area contributed by atoms with Crippen LogP contribution in [0.25, 0.3) is 10.8 Å². The predicted molar refractivity (Wildman–Crippen MR) is 104 cm³/mol. The molecule has 0 aliphatic heterocycles. The van der Waals surface area contributed by atoms with Crippen LogP contribution in [0.1, 0.15) is 18.9 Å². The molecule has 0 bridgehead atoms. The lowest BCUT2D eigenvalue weighted by molar-refractivity contribution is -0.133. The maximum Gasteiger partial charge on any atom is 0.185 e. The lowest BCUT2D eigenvalue weighted by Gasteiger charge is -2.31. The number of carbonyl (C=O) groups is 1. The van der Waals surface area contributed by atoms with Crippen LogP contribution in [-0.2, 0) is 20.2 Å². The fourth-order valence-corrected chi connectivity index (χ4v) is 6.42. The Labute approximate surface area is 158 Å². The number of carbonyl (C=O) groups excluding carboxylic acids is 1. The zero-order chi connectivity index (χ0) is 19.2. The van der Waals surface area contributed by atoms with Crippen molar-refractivity contribution < 1.29 is 18.3 Å². The topological polar surface area (TPSA) is 71.4 Å². The van der Waals surface area contributed by atoms with E-state index in [1.165, 1.54) is 12.1 Å². The Bertz CT molecular complexity index is 1120. The molecule has 0 amide bonds. The van der Waals surface area contributed by atoms with E-state index >= 15 is 0 Å². The number of benzene rings is 3. The summed E-state index contributed by atoms with van der Waals surface area (Å²) in [7, 11) is -3.90. The van der Waals surface area contributed by atoms with Crippen LogP contribution in [0.2, 0.25) is 0 Å². The van der Waals surface area contributed by atoms with Gasteiger partial charge in [0, 0.05) is 6.42 Å². The lowest BCUT2D eigenvalue weighted by atomic mass is 9.88. The number of fused-ring (bicyclic) bond motifs is 1. The van der Waals surface area contributed by atoms with E-state index in [0.29, 0.717) is 5.56 Å². The molecule has 0 heterocycles. The van der Waals surface area contributed by atoms with Crippen LogP contribution in [0.5, 0.6) is 0 Å². The van der Waals surface area contributed by atoms with Gasteiger partial charge in [0.2, 0.25) is 0 Å². The zero-order valence-corrected chi connectivity index (χ0v) is 15.7. The van der Waals surface area contributed by atoms with Crippen LogP contribution < -0.4 is 0 Å². The Morgan fingerprint density at radius 2 is 1.56 bits per heavy atom. The highest BCUT2D eigenvalue weighted by Crippen LogP contribution is 2.45. The molecule has 0 spiro atoms. The summed E-state index contributed by atoms with van der Waals surface area (Å²) in [5.41, 5.74) is -1.72. The number of ketones is 1. The molecule has 1 saturated carbocycles. The van der Waals surface area contributed by atoms with Gasteiger partial charge in [-0.3, -0.25) is 4.79 Å². The second kappa shape index (κ2) is 6.29. The van der Waals surface area contributed by atoms with Crippen LogP contribution >= 0.6 is 0 Å². The Kier molecular flexibility index (Phi) is 4.17. The molecule has 0 unspecified atom stereocenters.